The van der Waals surface area contributed by atoms with Crippen LogP contribution in [-0.4, -0.2) is 30.1 Å². The van der Waals surface area contributed by atoms with Crippen LogP contribution < -0.4 is 10.1 Å². The summed E-state index contributed by atoms with van der Waals surface area (Å²) in [6.07, 6.45) is 0.155. The summed E-state index contributed by atoms with van der Waals surface area (Å²) < 4.78 is 32.5. The Bertz CT molecular complexity index is 757. The third kappa shape index (κ3) is 5.02. The van der Waals surface area contributed by atoms with E-state index in [2.05, 4.69) is 5.32 Å². The van der Waals surface area contributed by atoms with Crippen LogP contribution in [0.4, 0.5) is 8.78 Å². The minimum Gasteiger partial charge on any atom is -0.494 e. The molecule has 0 aliphatic carbocycles. The molecule has 0 bridgehead atoms. The lowest BCUT2D eigenvalue weighted by molar-refractivity contribution is -0.141. The van der Waals surface area contributed by atoms with Crippen molar-refractivity contribution in [2.75, 3.05) is 13.2 Å². The Morgan fingerprint density at radius 1 is 1.12 bits per heavy atom. The van der Waals surface area contributed by atoms with Crippen LogP contribution in [0, 0.1) is 17.6 Å². The van der Waals surface area contributed by atoms with Crippen molar-refractivity contribution in [3.8, 4) is 5.75 Å². The molecule has 0 saturated heterocycles. The Morgan fingerprint density at radius 3 is 2.27 bits per heavy atom. The fraction of sp³-hybridized carbons (Fsp3) is 0.263. The number of carbonyl (C=O) groups excluding carboxylic acids is 1. The first kappa shape index (κ1) is 19.4. The molecule has 138 valence electrons. The number of rotatable bonds is 8. The minimum atomic E-state index is -1.12. The van der Waals surface area contributed by atoms with Crippen LogP contribution in [-0.2, 0) is 11.2 Å². The van der Waals surface area contributed by atoms with Gasteiger partial charge in [0.25, 0.3) is 5.91 Å². The predicted octanol–water partition coefficient (Wildman–Crippen LogP) is 3.04. The van der Waals surface area contributed by atoms with Crippen molar-refractivity contribution in [1.29, 1.82) is 0 Å². The van der Waals surface area contributed by atoms with E-state index in [-0.39, 0.29) is 13.0 Å². The highest BCUT2D eigenvalue weighted by Gasteiger charge is 2.22. The minimum absolute atomic E-state index is 0.155. The molecule has 1 atom stereocenters. The summed E-state index contributed by atoms with van der Waals surface area (Å²) in [5.74, 6) is -4.37. The molecule has 1 unspecified atom stereocenters. The molecular weight excluding hydrogens is 344 g/mol. The van der Waals surface area contributed by atoms with Crippen LogP contribution in [0.3, 0.4) is 0 Å². The molecule has 1 amide bonds. The van der Waals surface area contributed by atoms with Gasteiger partial charge in [-0.1, -0.05) is 18.2 Å². The van der Waals surface area contributed by atoms with Crippen LogP contribution in [0.25, 0.3) is 0 Å². The number of benzene rings is 2. The Labute approximate surface area is 149 Å². The zero-order chi connectivity index (χ0) is 19.1. The van der Waals surface area contributed by atoms with Gasteiger partial charge in [0.2, 0.25) is 0 Å². The zero-order valence-electron chi connectivity index (χ0n) is 14.2. The first-order valence-corrected chi connectivity index (χ1v) is 8.09. The van der Waals surface area contributed by atoms with Crippen LogP contribution in [0.2, 0.25) is 0 Å². The third-order valence-electron chi connectivity index (χ3n) is 3.76. The van der Waals surface area contributed by atoms with E-state index in [0.717, 1.165) is 23.8 Å². The summed E-state index contributed by atoms with van der Waals surface area (Å²) in [6.45, 7) is 2.13. The van der Waals surface area contributed by atoms with E-state index in [1.54, 1.807) is 24.3 Å². The second kappa shape index (κ2) is 8.94. The van der Waals surface area contributed by atoms with E-state index in [0.29, 0.717) is 12.4 Å². The first-order valence-electron chi connectivity index (χ1n) is 8.09. The molecule has 2 aromatic carbocycles. The smallest absolute Gasteiger partial charge is 0.308 e. The fourth-order valence-corrected chi connectivity index (χ4v) is 2.44. The van der Waals surface area contributed by atoms with Crippen molar-refractivity contribution in [2.45, 2.75) is 13.3 Å². The number of hydrogen-bond acceptors (Lipinski definition) is 3. The molecule has 5 nitrogen and oxygen atoms in total. The number of hydrogen-bond donors (Lipinski definition) is 2. The maximum atomic E-state index is 13.6. The fourth-order valence-electron chi connectivity index (χ4n) is 2.44. The van der Waals surface area contributed by atoms with Crippen LogP contribution in [0.1, 0.15) is 22.8 Å². The second-order valence-electron chi connectivity index (χ2n) is 5.62. The van der Waals surface area contributed by atoms with Gasteiger partial charge in [0.05, 0.1) is 12.5 Å². The Balaban J connectivity index is 2.02. The van der Waals surface area contributed by atoms with Gasteiger partial charge in [-0.05, 0) is 43.2 Å². The van der Waals surface area contributed by atoms with E-state index in [1.165, 1.54) is 0 Å². The molecule has 2 N–H and O–H groups in total. The monoisotopic (exact) mass is 363 g/mol. The quantitative estimate of drug-likeness (QED) is 0.756. The van der Waals surface area contributed by atoms with Gasteiger partial charge < -0.3 is 15.2 Å². The third-order valence-corrected chi connectivity index (χ3v) is 3.76. The van der Waals surface area contributed by atoms with Gasteiger partial charge in [0.1, 0.15) is 22.9 Å². The highest BCUT2D eigenvalue weighted by molar-refractivity contribution is 5.94. The molecule has 0 spiro atoms. The van der Waals surface area contributed by atoms with Crippen LogP contribution in [0.5, 0.6) is 5.75 Å². The van der Waals surface area contributed by atoms with Gasteiger partial charge in [-0.2, -0.15) is 0 Å². The number of halogens is 2. The number of aliphatic carboxylic acids is 1. The summed E-state index contributed by atoms with van der Waals surface area (Å²) in [5, 5.41) is 11.6. The number of amides is 1. The molecule has 0 fully saturated rings. The lowest BCUT2D eigenvalue weighted by Gasteiger charge is -2.14. The molecular formula is C19H19F2NO4. The predicted molar refractivity (Wildman–Crippen MR) is 91.1 cm³/mol. The average Bonchev–Trinajstić information content (AvgIpc) is 2.60. The van der Waals surface area contributed by atoms with Gasteiger partial charge in [0.15, 0.2) is 0 Å². The van der Waals surface area contributed by atoms with Gasteiger partial charge in [-0.15, -0.1) is 0 Å². The molecule has 2 aromatic rings. The SMILES string of the molecule is CCOc1ccc(CC(CNC(=O)c2c(F)cccc2F)C(=O)O)cc1. The number of carboxylic acids is 1. The van der Waals surface area contributed by atoms with Gasteiger partial charge >= 0.3 is 5.97 Å². The van der Waals surface area contributed by atoms with E-state index >= 15 is 0 Å². The lowest BCUT2D eigenvalue weighted by atomic mass is 9.99. The molecule has 0 aliphatic heterocycles. The molecule has 0 radical (unpaired) electrons. The van der Waals surface area contributed by atoms with Crippen molar-refractivity contribution in [2.24, 2.45) is 5.92 Å². The van der Waals surface area contributed by atoms with E-state index in [9.17, 15) is 23.5 Å². The van der Waals surface area contributed by atoms with Gasteiger partial charge in [-0.25, -0.2) is 8.78 Å². The second-order valence-corrected chi connectivity index (χ2v) is 5.62. The molecule has 26 heavy (non-hydrogen) atoms. The Morgan fingerprint density at radius 2 is 1.73 bits per heavy atom. The number of carbonyl (C=O) groups is 2. The average molecular weight is 363 g/mol. The van der Waals surface area contributed by atoms with Crippen molar-refractivity contribution in [1.82, 2.24) is 5.32 Å². The van der Waals surface area contributed by atoms with E-state index in [1.807, 2.05) is 6.92 Å². The highest BCUT2D eigenvalue weighted by atomic mass is 19.1. The van der Waals surface area contributed by atoms with Crippen molar-refractivity contribution >= 4 is 11.9 Å². The number of nitrogens with one attached hydrogen (secondary N) is 1. The first-order chi connectivity index (χ1) is 12.4. The Kier molecular flexibility index (Phi) is 6.66. The zero-order valence-corrected chi connectivity index (χ0v) is 14.2. The van der Waals surface area contributed by atoms with E-state index in [4.69, 9.17) is 4.74 Å². The molecule has 2 rings (SSSR count). The van der Waals surface area contributed by atoms with Crippen molar-refractivity contribution in [3.05, 3.63) is 65.2 Å². The standard InChI is InChI=1S/C19H19F2NO4/c1-2-26-14-8-6-12(7-9-14)10-13(19(24)25)11-22-18(23)17-15(20)4-3-5-16(17)21/h3-9,13H,2,10-11H2,1H3,(H,22,23)(H,24,25). The summed E-state index contributed by atoms with van der Waals surface area (Å²) in [4.78, 5) is 23.4. The maximum Gasteiger partial charge on any atom is 0.308 e. The maximum absolute atomic E-state index is 13.6. The van der Waals surface area contributed by atoms with Crippen LogP contribution >= 0.6 is 0 Å². The summed E-state index contributed by atoms with van der Waals surface area (Å²) in [5.41, 5.74) is 0.0184. The van der Waals surface area contributed by atoms with Crippen molar-refractivity contribution in [3.63, 3.8) is 0 Å². The molecule has 7 heteroatoms. The molecule has 0 aliphatic rings. The van der Waals surface area contributed by atoms with Gasteiger partial charge in [0, 0.05) is 6.54 Å². The normalized spacial score (nSPS) is 11.7. The summed E-state index contributed by atoms with van der Waals surface area (Å²) >= 11 is 0. The summed E-state index contributed by atoms with van der Waals surface area (Å²) in [6, 6.07) is 10.0. The largest absolute Gasteiger partial charge is 0.494 e. The molecule has 0 aromatic heterocycles. The Hall–Kier alpha value is -2.96. The lowest BCUT2D eigenvalue weighted by Crippen LogP contribution is -2.35. The molecule has 0 saturated carbocycles. The number of carboxylic acid groups (broad SMARTS) is 1. The topological polar surface area (TPSA) is 75.6 Å². The van der Waals surface area contributed by atoms with Gasteiger partial charge in [-0.3, -0.25) is 9.59 Å². The van der Waals surface area contributed by atoms with Crippen molar-refractivity contribution < 1.29 is 28.2 Å². The summed E-state index contributed by atoms with van der Waals surface area (Å²) in [7, 11) is 0. The highest BCUT2D eigenvalue weighted by Crippen LogP contribution is 2.16. The van der Waals surface area contributed by atoms with E-state index < -0.39 is 35.0 Å². The molecule has 0 heterocycles. The van der Waals surface area contributed by atoms with Crippen LogP contribution in [0.15, 0.2) is 42.5 Å². The number of ether oxygens (including phenoxy) is 1.